The van der Waals surface area contributed by atoms with E-state index in [0.717, 1.165) is 32.5 Å². The Morgan fingerprint density at radius 2 is 2.18 bits per heavy atom. The highest BCUT2D eigenvalue weighted by Crippen LogP contribution is 2.22. The van der Waals surface area contributed by atoms with Gasteiger partial charge in [-0.05, 0) is 18.8 Å². The van der Waals surface area contributed by atoms with Gasteiger partial charge in [0.25, 0.3) is 0 Å². The van der Waals surface area contributed by atoms with Crippen molar-refractivity contribution in [3.05, 3.63) is 5.89 Å². The fourth-order valence-corrected chi connectivity index (χ4v) is 2.24. The van der Waals surface area contributed by atoms with Gasteiger partial charge in [-0.25, -0.2) is 0 Å². The Kier molecular flexibility index (Phi) is 4.62. The number of halogens is 1. The van der Waals surface area contributed by atoms with Crippen molar-refractivity contribution in [1.82, 2.24) is 10.2 Å². The van der Waals surface area contributed by atoms with Crippen LogP contribution in [0.4, 0.5) is 6.01 Å². The molecule has 1 aliphatic rings. The number of piperidine rings is 1. The normalized spacial score (nSPS) is 17.6. The second-order valence-electron chi connectivity index (χ2n) is 4.30. The number of hydrogen-bond acceptors (Lipinski definition) is 5. The molecule has 1 saturated heterocycles. The van der Waals surface area contributed by atoms with E-state index in [1.807, 2.05) is 0 Å². The quantitative estimate of drug-likeness (QED) is 0.754. The predicted molar refractivity (Wildman–Crippen MR) is 65.5 cm³/mol. The molecule has 2 heterocycles. The summed E-state index contributed by atoms with van der Waals surface area (Å²) >= 11 is 5.63. The molecule has 0 saturated carbocycles. The standard InChI is InChI=1S/C11H18ClN3O2/c1-16-8-9-3-6-15(7-4-9)11-14-13-10(17-11)2-5-12/h9H,2-8H2,1H3. The molecular formula is C11H18ClN3O2. The van der Waals surface area contributed by atoms with Crippen LogP contribution in [0.3, 0.4) is 0 Å². The predicted octanol–water partition coefficient (Wildman–Crippen LogP) is 1.71. The molecule has 0 N–H and O–H groups in total. The first-order chi connectivity index (χ1) is 8.33. The maximum absolute atomic E-state index is 5.63. The van der Waals surface area contributed by atoms with E-state index in [1.54, 1.807) is 7.11 Å². The second-order valence-corrected chi connectivity index (χ2v) is 4.68. The Bertz CT molecular complexity index is 337. The average molecular weight is 260 g/mol. The number of ether oxygens (including phenoxy) is 1. The Balaban J connectivity index is 1.86. The number of rotatable bonds is 5. The van der Waals surface area contributed by atoms with Gasteiger partial charge in [0.2, 0.25) is 5.89 Å². The van der Waals surface area contributed by atoms with E-state index in [9.17, 15) is 0 Å². The zero-order valence-electron chi connectivity index (χ0n) is 10.1. The largest absolute Gasteiger partial charge is 0.408 e. The van der Waals surface area contributed by atoms with Crippen molar-refractivity contribution in [1.29, 1.82) is 0 Å². The van der Waals surface area contributed by atoms with Gasteiger partial charge in [-0.1, -0.05) is 5.10 Å². The molecule has 6 heteroatoms. The van der Waals surface area contributed by atoms with Gasteiger partial charge in [-0.2, -0.15) is 0 Å². The van der Waals surface area contributed by atoms with Crippen molar-refractivity contribution in [2.75, 3.05) is 37.6 Å². The van der Waals surface area contributed by atoms with Crippen LogP contribution in [0.15, 0.2) is 4.42 Å². The van der Waals surface area contributed by atoms with Gasteiger partial charge in [-0.15, -0.1) is 16.7 Å². The van der Waals surface area contributed by atoms with Crippen LogP contribution in [0.1, 0.15) is 18.7 Å². The zero-order valence-corrected chi connectivity index (χ0v) is 10.8. The monoisotopic (exact) mass is 259 g/mol. The van der Waals surface area contributed by atoms with Crippen molar-refractivity contribution >= 4 is 17.6 Å². The van der Waals surface area contributed by atoms with Crippen LogP contribution in [0.2, 0.25) is 0 Å². The minimum Gasteiger partial charge on any atom is -0.408 e. The van der Waals surface area contributed by atoms with Gasteiger partial charge < -0.3 is 14.1 Å². The molecule has 5 nitrogen and oxygen atoms in total. The molecule has 17 heavy (non-hydrogen) atoms. The molecule has 96 valence electrons. The minimum absolute atomic E-state index is 0.511. The Labute approximate surface area is 106 Å². The second kappa shape index (κ2) is 6.21. The van der Waals surface area contributed by atoms with Crippen molar-refractivity contribution in [3.63, 3.8) is 0 Å². The molecular weight excluding hydrogens is 242 g/mol. The smallest absolute Gasteiger partial charge is 0.318 e. The first kappa shape index (κ1) is 12.6. The Hall–Kier alpha value is -0.810. The van der Waals surface area contributed by atoms with Crippen LogP contribution in [0.25, 0.3) is 0 Å². The molecule has 0 aromatic carbocycles. The lowest BCUT2D eigenvalue weighted by Gasteiger charge is -2.30. The highest BCUT2D eigenvalue weighted by atomic mass is 35.5. The molecule has 0 amide bonds. The number of alkyl halides is 1. The van der Waals surface area contributed by atoms with Gasteiger partial charge >= 0.3 is 6.01 Å². The fraction of sp³-hybridized carbons (Fsp3) is 0.818. The lowest BCUT2D eigenvalue weighted by atomic mass is 9.98. The SMILES string of the molecule is COCC1CCN(c2nnc(CCCl)o2)CC1. The molecule has 0 radical (unpaired) electrons. The minimum atomic E-state index is 0.511. The van der Waals surface area contributed by atoms with Crippen LogP contribution in [-0.4, -0.2) is 42.9 Å². The maximum atomic E-state index is 5.63. The summed E-state index contributed by atoms with van der Waals surface area (Å²) in [5, 5.41) is 8.02. The van der Waals surface area contributed by atoms with E-state index >= 15 is 0 Å². The van der Waals surface area contributed by atoms with E-state index in [4.69, 9.17) is 20.8 Å². The third-order valence-electron chi connectivity index (χ3n) is 3.05. The molecule has 1 aromatic heterocycles. The van der Waals surface area contributed by atoms with E-state index in [-0.39, 0.29) is 0 Å². The number of anilines is 1. The third kappa shape index (κ3) is 3.33. The average Bonchev–Trinajstić information content (AvgIpc) is 2.80. The Morgan fingerprint density at radius 1 is 1.41 bits per heavy atom. The summed E-state index contributed by atoms with van der Waals surface area (Å²) in [6.07, 6.45) is 2.86. The summed E-state index contributed by atoms with van der Waals surface area (Å²) in [6, 6.07) is 0.626. The van der Waals surface area contributed by atoms with Gasteiger partial charge in [-0.3, -0.25) is 0 Å². The molecule has 0 aliphatic carbocycles. The Morgan fingerprint density at radius 3 is 2.82 bits per heavy atom. The number of nitrogens with zero attached hydrogens (tertiary/aromatic N) is 3. The lowest BCUT2D eigenvalue weighted by Crippen LogP contribution is -2.35. The third-order valence-corrected chi connectivity index (χ3v) is 3.24. The lowest BCUT2D eigenvalue weighted by molar-refractivity contribution is 0.138. The van der Waals surface area contributed by atoms with Gasteiger partial charge in [0, 0.05) is 39.1 Å². The molecule has 0 atom stereocenters. The molecule has 0 unspecified atom stereocenters. The van der Waals surface area contributed by atoms with Gasteiger partial charge in [0.05, 0.1) is 0 Å². The van der Waals surface area contributed by atoms with E-state index in [0.29, 0.717) is 30.1 Å². The van der Waals surface area contributed by atoms with Crippen LogP contribution in [0, 0.1) is 5.92 Å². The van der Waals surface area contributed by atoms with Crippen molar-refractivity contribution in [2.45, 2.75) is 19.3 Å². The maximum Gasteiger partial charge on any atom is 0.318 e. The van der Waals surface area contributed by atoms with Crippen molar-refractivity contribution in [3.8, 4) is 0 Å². The summed E-state index contributed by atoms with van der Waals surface area (Å²) in [4.78, 5) is 2.14. The summed E-state index contributed by atoms with van der Waals surface area (Å²) in [5.41, 5.74) is 0. The molecule has 1 aliphatic heterocycles. The highest BCUT2D eigenvalue weighted by molar-refractivity contribution is 6.17. The van der Waals surface area contributed by atoms with E-state index in [2.05, 4.69) is 15.1 Å². The highest BCUT2D eigenvalue weighted by Gasteiger charge is 2.22. The number of aryl methyl sites for hydroxylation is 1. The summed E-state index contributed by atoms with van der Waals surface area (Å²) in [6.45, 7) is 2.75. The van der Waals surface area contributed by atoms with Crippen LogP contribution in [-0.2, 0) is 11.2 Å². The van der Waals surface area contributed by atoms with Crippen molar-refractivity contribution in [2.24, 2.45) is 5.92 Å². The van der Waals surface area contributed by atoms with E-state index < -0.39 is 0 Å². The number of aromatic nitrogens is 2. The first-order valence-corrected chi connectivity index (χ1v) is 6.49. The van der Waals surface area contributed by atoms with Gasteiger partial charge in [0.15, 0.2) is 0 Å². The molecule has 1 aromatic rings. The molecule has 0 bridgehead atoms. The first-order valence-electron chi connectivity index (χ1n) is 5.95. The summed E-state index contributed by atoms with van der Waals surface area (Å²) < 4.78 is 10.7. The van der Waals surface area contributed by atoms with Gasteiger partial charge in [0.1, 0.15) is 0 Å². The number of hydrogen-bond donors (Lipinski definition) is 0. The fourth-order valence-electron chi connectivity index (χ4n) is 2.08. The zero-order chi connectivity index (χ0) is 12.1. The van der Waals surface area contributed by atoms with Crippen molar-refractivity contribution < 1.29 is 9.15 Å². The molecule has 1 fully saturated rings. The van der Waals surface area contributed by atoms with E-state index in [1.165, 1.54) is 0 Å². The number of methoxy groups -OCH3 is 1. The van der Waals surface area contributed by atoms with Crippen LogP contribution >= 0.6 is 11.6 Å². The summed E-state index contributed by atoms with van der Waals surface area (Å²) in [7, 11) is 1.75. The molecule has 2 rings (SSSR count). The van der Waals surface area contributed by atoms with Crippen LogP contribution in [0.5, 0.6) is 0 Å². The summed E-state index contributed by atoms with van der Waals surface area (Å²) in [5.74, 6) is 1.79. The topological polar surface area (TPSA) is 51.4 Å². The molecule has 0 spiro atoms. The van der Waals surface area contributed by atoms with Crippen LogP contribution < -0.4 is 4.90 Å².